The van der Waals surface area contributed by atoms with Gasteiger partial charge in [0.1, 0.15) is 10.7 Å². The van der Waals surface area contributed by atoms with Crippen molar-refractivity contribution < 1.29 is 8.42 Å². The molecule has 2 rings (SSSR count). The quantitative estimate of drug-likeness (QED) is 0.863. The van der Waals surface area contributed by atoms with Gasteiger partial charge in [-0.3, -0.25) is 4.98 Å². The second-order valence-electron chi connectivity index (χ2n) is 4.06. The third-order valence-electron chi connectivity index (χ3n) is 2.59. The van der Waals surface area contributed by atoms with Crippen molar-refractivity contribution in [3.05, 3.63) is 47.9 Å². The zero-order chi connectivity index (χ0) is 13.9. The van der Waals surface area contributed by atoms with Crippen molar-refractivity contribution in [3.63, 3.8) is 0 Å². The number of sulfonamides is 1. The van der Waals surface area contributed by atoms with Crippen LogP contribution < -0.4 is 10.5 Å². The molecule has 0 saturated carbocycles. The zero-order valence-electron chi connectivity index (χ0n) is 10.4. The van der Waals surface area contributed by atoms with Gasteiger partial charge in [0.15, 0.2) is 0 Å². The van der Waals surface area contributed by atoms with Gasteiger partial charge in [-0.15, -0.1) is 0 Å². The van der Waals surface area contributed by atoms with Crippen LogP contribution in [0.5, 0.6) is 0 Å². The Kier molecular flexibility index (Phi) is 3.77. The van der Waals surface area contributed by atoms with Crippen LogP contribution in [0.3, 0.4) is 0 Å². The summed E-state index contributed by atoms with van der Waals surface area (Å²) in [6.07, 6.45) is 4.48. The molecule has 3 N–H and O–H groups in total. The molecule has 0 radical (unpaired) electrons. The molecule has 0 bridgehead atoms. The fourth-order valence-corrected chi connectivity index (χ4v) is 2.52. The Morgan fingerprint density at radius 2 is 2.16 bits per heavy atom. The van der Waals surface area contributed by atoms with Crippen LogP contribution in [-0.4, -0.2) is 18.4 Å². The molecule has 7 heteroatoms. The lowest BCUT2D eigenvalue weighted by Crippen LogP contribution is -2.23. The molecule has 0 aliphatic carbocycles. The molecule has 0 fully saturated rings. The number of nitrogen functional groups attached to an aromatic ring is 1. The number of hydrogen-bond acceptors (Lipinski definition) is 5. The van der Waals surface area contributed by atoms with Crippen molar-refractivity contribution in [3.8, 4) is 0 Å². The van der Waals surface area contributed by atoms with Gasteiger partial charge in [-0.2, -0.15) is 0 Å². The van der Waals surface area contributed by atoms with Crippen LogP contribution in [0.1, 0.15) is 11.1 Å². The molecular formula is C12H14N4O2S. The van der Waals surface area contributed by atoms with Crippen LogP contribution in [0.2, 0.25) is 0 Å². The highest BCUT2D eigenvalue weighted by molar-refractivity contribution is 7.89. The summed E-state index contributed by atoms with van der Waals surface area (Å²) in [7, 11) is -3.59. The molecule has 2 aromatic heterocycles. The Labute approximate surface area is 111 Å². The molecule has 0 atom stereocenters. The Hall–Kier alpha value is -1.99. The maximum absolute atomic E-state index is 12.1. The molecule has 2 heterocycles. The fraction of sp³-hybridized carbons (Fsp3) is 0.167. The lowest BCUT2D eigenvalue weighted by Gasteiger charge is -2.07. The van der Waals surface area contributed by atoms with Crippen molar-refractivity contribution in [2.24, 2.45) is 0 Å². The molecule has 19 heavy (non-hydrogen) atoms. The molecule has 6 nitrogen and oxygen atoms in total. The fourth-order valence-electron chi connectivity index (χ4n) is 1.47. The summed E-state index contributed by atoms with van der Waals surface area (Å²) in [6.45, 7) is 1.89. The van der Waals surface area contributed by atoms with Gasteiger partial charge >= 0.3 is 0 Å². The van der Waals surface area contributed by atoms with Crippen molar-refractivity contribution in [1.82, 2.24) is 14.7 Å². The highest BCUT2D eigenvalue weighted by atomic mass is 32.2. The number of nitrogens with two attached hydrogens (primary N) is 1. The SMILES string of the molecule is Cc1cc(S(=O)(=O)NCc2cccnc2)cnc1N. The molecule has 0 aliphatic rings. The third-order valence-corrected chi connectivity index (χ3v) is 3.96. The zero-order valence-corrected chi connectivity index (χ0v) is 11.2. The largest absolute Gasteiger partial charge is 0.383 e. The molecular weight excluding hydrogens is 264 g/mol. The second kappa shape index (κ2) is 5.33. The summed E-state index contributed by atoms with van der Waals surface area (Å²) in [5.74, 6) is 0.325. The van der Waals surface area contributed by atoms with Gasteiger partial charge in [-0.25, -0.2) is 18.1 Å². The Balaban J connectivity index is 2.16. The number of hydrogen-bond donors (Lipinski definition) is 2. The summed E-state index contributed by atoms with van der Waals surface area (Å²) < 4.78 is 26.6. The minimum Gasteiger partial charge on any atom is -0.383 e. The highest BCUT2D eigenvalue weighted by Gasteiger charge is 2.15. The number of anilines is 1. The minimum absolute atomic E-state index is 0.100. The van der Waals surface area contributed by atoms with E-state index in [4.69, 9.17) is 5.73 Å². The van der Waals surface area contributed by atoms with E-state index in [-0.39, 0.29) is 11.4 Å². The summed E-state index contributed by atoms with van der Waals surface area (Å²) in [5.41, 5.74) is 6.97. The molecule has 0 spiro atoms. The van der Waals surface area contributed by atoms with Gasteiger partial charge in [0, 0.05) is 25.1 Å². The van der Waals surface area contributed by atoms with Crippen LogP contribution in [0.15, 0.2) is 41.7 Å². The number of rotatable bonds is 4. The van der Waals surface area contributed by atoms with E-state index in [2.05, 4.69) is 14.7 Å². The molecule has 0 unspecified atom stereocenters. The van der Waals surface area contributed by atoms with E-state index in [9.17, 15) is 8.42 Å². The van der Waals surface area contributed by atoms with Gasteiger partial charge in [-0.1, -0.05) is 6.07 Å². The molecule has 0 aliphatic heterocycles. The molecule has 0 saturated heterocycles. The van der Waals surface area contributed by atoms with E-state index >= 15 is 0 Å². The van der Waals surface area contributed by atoms with Gasteiger partial charge < -0.3 is 5.73 Å². The van der Waals surface area contributed by atoms with Crippen molar-refractivity contribution in [2.45, 2.75) is 18.4 Å². The number of pyridine rings is 2. The average molecular weight is 278 g/mol. The first-order chi connectivity index (χ1) is 8.99. The van der Waals surface area contributed by atoms with Crippen molar-refractivity contribution in [1.29, 1.82) is 0 Å². The van der Waals surface area contributed by atoms with Crippen molar-refractivity contribution >= 4 is 15.8 Å². The first kappa shape index (κ1) is 13.4. The molecule has 0 aromatic carbocycles. The number of nitrogens with zero attached hydrogens (tertiary/aromatic N) is 2. The minimum atomic E-state index is -3.59. The van der Waals surface area contributed by atoms with Crippen molar-refractivity contribution in [2.75, 3.05) is 5.73 Å². The standard InChI is InChI=1S/C12H14N4O2S/c1-9-5-11(8-15-12(9)13)19(17,18)16-7-10-3-2-4-14-6-10/h2-6,8,16H,7H2,1H3,(H2,13,15). The Morgan fingerprint density at radius 1 is 1.37 bits per heavy atom. The Morgan fingerprint density at radius 3 is 2.79 bits per heavy atom. The number of aromatic nitrogens is 2. The van der Waals surface area contributed by atoms with E-state index in [1.54, 1.807) is 31.5 Å². The summed E-state index contributed by atoms with van der Waals surface area (Å²) in [5, 5.41) is 0. The predicted molar refractivity (Wildman–Crippen MR) is 71.6 cm³/mol. The molecule has 100 valence electrons. The number of nitrogens with one attached hydrogen (secondary N) is 1. The maximum atomic E-state index is 12.1. The van der Waals surface area contributed by atoms with Gasteiger partial charge in [0.25, 0.3) is 0 Å². The van der Waals surface area contributed by atoms with Crippen LogP contribution in [0.25, 0.3) is 0 Å². The van der Waals surface area contributed by atoms with Crippen LogP contribution in [-0.2, 0) is 16.6 Å². The Bertz CT molecular complexity index is 671. The van der Waals surface area contributed by atoms with E-state index in [0.29, 0.717) is 11.4 Å². The van der Waals surface area contributed by atoms with Crippen LogP contribution >= 0.6 is 0 Å². The van der Waals surface area contributed by atoms with Crippen LogP contribution in [0.4, 0.5) is 5.82 Å². The van der Waals surface area contributed by atoms with E-state index in [0.717, 1.165) is 5.56 Å². The summed E-state index contributed by atoms with van der Waals surface area (Å²) >= 11 is 0. The topological polar surface area (TPSA) is 98.0 Å². The van der Waals surface area contributed by atoms with Gasteiger partial charge in [-0.05, 0) is 30.2 Å². The van der Waals surface area contributed by atoms with Gasteiger partial charge in [0.2, 0.25) is 10.0 Å². The predicted octanol–water partition coefficient (Wildman–Crippen LogP) is 0.846. The maximum Gasteiger partial charge on any atom is 0.242 e. The number of aryl methyl sites for hydroxylation is 1. The van der Waals surface area contributed by atoms with E-state index in [1.165, 1.54) is 12.3 Å². The molecule has 2 aromatic rings. The molecule has 0 amide bonds. The first-order valence-electron chi connectivity index (χ1n) is 5.60. The average Bonchev–Trinajstić information content (AvgIpc) is 2.41. The second-order valence-corrected chi connectivity index (χ2v) is 5.83. The lowest BCUT2D eigenvalue weighted by molar-refractivity contribution is 0.580. The monoisotopic (exact) mass is 278 g/mol. The smallest absolute Gasteiger partial charge is 0.242 e. The van der Waals surface area contributed by atoms with Gasteiger partial charge in [0.05, 0.1) is 0 Å². The third kappa shape index (κ3) is 3.27. The first-order valence-corrected chi connectivity index (χ1v) is 7.08. The lowest BCUT2D eigenvalue weighted by atomic mass is 10.3. The van der Waals surface area contributed by atoms with Crippen LogP contribution in [0, 0.1) is 6.92 Å². The van der Waals surface area contributed by atoms with E-state index in [1.807, 2.05) is 0 Å². The van der Waals surface area contributed by atoms with E-state index < -0.39 is 10.0 Å². The normalized spacial score (nSPS) is 11.4. The summed E-state index contributed by atoms with van der Waals surface area (Å²) in [4.78, 5) is 7.87. The highest BCUT2D eigenvalue weighted by Crippen LogP contribution is 2.14. The summed E-state index contributed by atoms with van der Waals surface area (Å²) in [6, 6.07) is 5.04.